The predicted octanol–water partition coefficient (Wildman–Crippen LogP) is 0.123. The highest BCUT2D eigenvalue weighted by atomic mass is 16.1. The van der Waals surface area contributed by atoms with Gasteiger partial charge in [-0.05, 0) is 39.0 Å². The van der Waals surface area contributed by atoms with E-state index in [0.717, 1.165) is 19.3 Å². The summed E-state index contributed by atoms with van der Waals surface area (Å²) in [6.07, 6.45) is 6.48. The molecule has 6 nitrogen and oxygen atoms in total. The second kappa shape index (κ2) is 8.87. The van der Waals surface area contributed by atoms with Gasteiger partial charge >= 0.3 is 0 Å². The fourth-order valence-corrected chi connectivity index (χ4v) is 2.17. The summed E-state index contributed by atoms with van der Waals surface area (Å²) in [6, 6.07) is 0.355. The highest BCUT2D eigenvalue weighted by Crippen LogP contribution is 2.23. The zero-order chi connectivity index (χ0) is 14.9. The van der Waals surface area contributed by atoms with Crippen molar-refractivity contribution >= 4 is 11.8 Å². The number of unbranched alkanes of at least 4 members (excludes halogenated alkanes) is 1. The Morgan fingerprint density at radius 2 is 1.63 bits per heavy atom. The van der Waals surface area contributed by atoms with Crippen LogP contribution in [0.3, 0.4) is 0 Å². The number of primary amides is 2. The van der Waals surface area contributed by atoms with E-state index in [4.69, 9.17) is 22.9 Å². The number of rotatable bonds is 5. The van der Waals surface area contributed by atoms with Gasteiger partial charge in [0.1, 0.15) is 0 Å². The van der Waals surface area contributed by atoms with Gasteiger partial charge in [0, 0.05) is 24.4 Å². The Balaban J connectivity index is 0.000000342. The van der Waals surface area contributed by atoms with Crippen molar-refractivity contribution in [1.82, 2.24) is 0 Å². The van der Waals surface area contributed by atoms with E-state index in [9.17, 15) is 9.59 Å². The minimum absolute atomic E-state index is 0.0255. The molecule has 0 aromatic carbocycles. The maximum absolute atomic E-state index is 10.2. The minimum Gasteiger partial charge on any atom is -0.370 e. The van der Waals surface area contributed by atoms with Crippen LogP contribution < -0.4 is 22.9 Å². The van der Waals surface area contributed by atoms with E-state index in [-0.39, 0.29) is 17.4 Å². The average Bonchev–Trinajstić information content (AvgIpc) is 2.23. The summed E-state index contributed by atoms with van der Waals surface area (Å²) in [5.41, 5.74) is 21.4. The molecule has 19 heavy (non-hydrogen) atoms. The average molecular weight is 272 g/mol. The molecule has 1 rings (SSSR count). The second-order valence-electron chi connectivity index (χ2n) is 5.65. The van der Waals surface area contributed by atoms with E-state index in [2.05, 4.69) is 6.92 Å². The Labute approximate surface area is 115 Å². The standard InChI is InChI=1S/C7H16N2.C6H12N2O2/c1-7(9)4-2-3-6(8)5-7;7-5(9)3-1-2-4-6(8)10/h6H,2-5,8-9H2,1H3;1-4H2,(H2,7,9)(H2,8,10). The van der Waals surface area contributed by atoms with Crippen LogP contribution in [0.15, 0.2) is 0 Å². The molecule has 6 heteroatoms. The van der Waals surface area contributed by atoms with Crippen molar-refractivity contribution in [2.45, 2.75) is 69.9 Å². The predicted molar refractivity (Wildman–Crippen MR) is 75.9 cm³/mol. The van der Waals surface area contributed by atoms with Gasteiger partial charge in [0.2, 0.25) is 11.8 Å². The van der Waals surface area contributed by atoms with Crippen LogP contribution in [0.4, 0.5) is 0 Å². The van der Waals surface area contributed by atoms with Crippen LogP contribution in [0, 0.1) is 0 Å². The molecule has 0 spiro atoms. The third-order valence-corrected chi connectivity index (χ3v) is 3.15. The van der Waals surface area contributed by atoms with Crippen LogP contribution >= 0.6 is 0 Å². The van der Waals surface area contributed by atoms with E-state index in [1.54, 1.807) is 0 Å². The molecule has 1 saturated carbocycles. The molecular weight excluding hydrogens is 244 g/mol. The Morgan fingerprint density at radius 3 is 1.89 bits per heavy atom. The molecule has 1 aliphatic rings. The van der Waals surface area contributed by atoms with Gasteiger partial charge < -0.3 is 22.9 Å². The van der Waals surface area contributed by atoms with E-state index in [1.807, 2.05) is 0 Å². The highest BCUT2D eigenvalue weighted by Gasteiger charge is 2.25. The first-order valence-corrected chi connectivity index (χ1v) is 6.84. The van der Waals surface area contributed by atoms with Crippen LogP contribution in [0.1, 0.15) is 58.3 Å². The maximum Gasteiger partial charge on any atom is 0.217 e. The number of carbonyl (C=O) groups is 2. The van der Waals surface area contributed by atoms with Crippen molar-refractivity contribution in [2.75, 3.05) is 0 Å². The molecule has 0 aliphatic heterocycles. The first kappa shape index (κ1) is 17.9. The maximum atomic E-state index is 10.2. The van der Waals surface area contributed by atoms with Gasteiger partial charge in [0.25, 0.3) is 0 Å². The Bertz CT molecular complexity index is 276. The molecule has 2 amide bonds. The van der Waals surface area contributed by atoms with Gasteiger partial charge in [-0.25, -0.2) is 0 Å². The van der Waals surface area contributed by atoms with Crippen molar-refractivity contribution in [3.63, 3.8) is 0 Å². The number of nitrogens with two attached hydrogens (primary N) is 4. The fourth-order valence-electron chi connectivity index (χ4n) is 2.17. The van der Waals surface area contributed by atoms with Crippen molar-refractivity contribution in [1.29, 1.82) is 0 Å². The van der Waals surface area contributed by atoms with Crippen LogP contribution in [-0.2, 0) is 9.59 Å². The molecule has 0 radical (unpaired) electrons. The zero-order valence-corrected chi connectivity index (χ0v) is 11.9. The molecular formula is C13H28N4O2. The van der Waals surface area contributed by atoms with Crippen molar-refractivity contribution in [3.8, 4) is 0 Å². The molecule has 1 aliphatic carbocycles. The van der Waals surface area contributed by atoms with Gasteiger partial charge in [-0.15, -0.1) is 0 Å². The smallest absolute Gasteiger partial charge is 0.217 e. The number of hydrogen-bond donors (Lipinski definition) is 4. The van der Waals surface area contributed by atoms with E-state index in [0.29, 0.717) is 31.7 Å². The summed E-state index contributed by atoms with van der Waals surface area (Å²) in [5, 5.41) is 0. The lowest BCUT2D eigenvalue weighted by molar-refractivity contribution is -0.119. The lowest BCUT2D eigenvalue weighted by atomic mass is 9.82. The third-order valence-electron chi connectivity index (χ3n) is 3.15. The molecule has 0 aromatic rings. The summed E-state index contributed by atoms with van der Waals surface area (Å²) in [6.45, 7) is 2.09. The van der Waals surface area contributed by atoms with E-state index in [1.165, 1.54) is 6.42 Å². The minimum atomic E-state index is -0.329. The molecule has 2 unspecified atom stereocenters. The Hall–Kier alpha value is -1.14. The lowest BCUT2D eigenvalue weighted by Gasteiger charge is -2.32. The van der Waals surface area contributed by atoms with Gasteiger partial charge in [-0.2, -0.15) is 0 Å². The molecule has 0 bridgehead atoms. The highest BCUT2D eigenvalue weighted by molar-refractivity contribution is 5.74. The molecule has 112 valence electrons. The lowest BCUT2D eigenvalue weighted by Crippen LogP contribution is -2.45. The summed E-state index contributed by atoms with van der Waals surface area (Å²) in [7, 11) is 0. The first-order valence-electron chi connectivity index (χ1n) is 6.84. The molecule has 0 aromatic heterocycles. The van der Waals surface area contributed by atoms with E-state index < -0.39 is 0 Å². The largest absolute Gasteiger partial charge is 0.370 e. The molecule has 0 heterocycles. The quantitative estimate of drug-likeness (QED) is 0.528. The SMILES string of the molecule is CC1(N)CCCC(N)C1.NC(=O)CCCCC(N)=O. The second-order valence-corrected chi connectivity index (χ2v) is 5.65. The van der Waals surface area contributed by atoms with Gasteiger partial charge in [-0.3, -0.25) is 9.59 Å². The zero-order valence-electron chi connectivity index (χ0n) is 11.9. The van der Waals surface area contributed by atoms with Crippen LogP contribution in [0.2, 0.25) is 0 Å². The van der Waals surface area contributed by atoms with Crippen molar-refractivity contribution in [3.05, 3.63) is 0 Å². The van der Waals surface area contributed by atoms with Gasteiger partial charge in [0.15, 0.2) is 0 Å². The molecule has 8 N–H and O–H groups in total. The summed E-state index contributed by atoms with van der Waals surface area (Å²) in [4.78, 5) is 20.3. The first-order chi connectivity index (χ1) is 8.73. The van der Waals surface area contributed by atoms with Crippen LogP contribution in [0.25, 0.3) is 0 Å². The molecule has 0 saturated heterocycles. The monoisotopic (exact) mass is 272 g/mol. The summed E-state index contributed by atoms with van der Waals surface area (Å²) < 4.78 is 0. The Morgan fingerprint density at radius 1 is 1.16 bits per heavy atom. The summed E-state index contributed by atoms with van der Waals surface area (Å²) in [5.74, 6) is -0.658. The Kier molecular flexibility index (Phi) is 8.34. The van der Waals surface area contributed by atoms with Crippen LogP contribution in [-0.4, -0.2) is 23.4 Å². The number of hydrogen-bond acceptors (Lipinski definition) is 4. The third kappa shape index (κ3) is 11.7. The number of carbonyl (C=O) groups excluding carboxylic acids is 2. The topological polar surface area (TPSA) is 138 Å². The van der Waals surface area contributed by atoms with Gasteiger partial charge in [0.05, 0.1) is 0 Å². The summed E-state index contributed by atoms with van der Waals surface area (Å²) >= 11 is 0. The van der Waals surface area contributed by atoms with Crippen molar-refractivity contribution < 1.29 is 9.59 Å². The normalized spacial score (nSPS) is 26.2. The van der Waals surface area contributed by atoms with E-state index >= 15 is 0 Å². The van der Waals surface area contributed by atoms with Gasteiger partial charge in [-0.1, -0.05) is 6.42 Å². The molecule has 1 fully saturated rings. The fraction of sp³-hybridized carbons (Fsp3) is 0.846. The van der Waals surface area contributed by atoms with Crippen molar-refractivity contribution in [2.24, 2.45) is 22.9 Å². The molecule has 2 atom stereocenters. The van der Waals surface area contributed by atoms with Crippen LogP contribution in [0.5, 0.6) is 0 Å². The number of amides is 2.